The second-order valence-electron chi connectivity index (χ2n) is 6.91. The second-order valence-corrected chi connectivity index (χ2v) is 7.31. The molecule has 28 heavy (non-hydrogen) atoms. The van der Waals surface area contributed by atoms with E-state index < -0.39 is 11.7 Å². The monoisotopic (exact) mass is 414 g/mol. The van der Waals surface area contributed by atoms with Gasteiger partial charge >= 0.3 is 6.18 Å². The Kier molecular flexibility index (Phi) is 6.30. The molecule has 0 spiro atoms. The van der Waals surface area contributed by atoms with Gasteiger partial charge in [-0.05, 0) is 18.6 Å². The van der Waals surface area contributed by atoms with Crippen molar-refractivity contribution < 1.29 is 18.0 Å². The number of carbonyl (C=O) groups excluding carboxylic acids is 1. The Morgan fingerprint density at radius 3 is 2.54 bits per heavy atom. The third kappa shape index (κ3) is 5.05. The smallest absolute Gasteiger partial charge is 0.340 e. The van der Waals surface area contributed by atoms with E-state index in [4.69, 9.17) is 11.6 Å². The van der Waals surface area contributed by atoms with Crippen molar-refractivity contribution in [3.05, 3.63) is 52.3 Å². The molecule has 0 bridgehead atoms. The van der Waals surface area contributed by atoms with Gasteiger partial charge in [0.25, 0.3) is 0 Å². The first kappa shape index (κ1) is 20.7. The molecule has 3 rings (SSSR count). The standard InChI is InChI=1S/C19H22ClF3N4O/c1-14-17(20)12-24-27(14)6-5-18(28)26-9-7-25(8-10-26)13-15-3-2-4-16(11-15)19(21,22)23/h2-4,11-12H,5-10,13H2,1H3. The topological polar surface area (TPSA) is 41.4 Å². The highest BCUT2D eigenvalue weighted by molar-refractivity contribution is 6.31. The average molecular weight is 415 g/mol. The molecule has 0 atom stereocenters. The first-order valence-corrected chi connectivity index (χ1v) is 9.46. The van der Waals surface area contributed by atoms with Crippen LogP contribution in [0.4, 0.5) is 13.2 Å². The van der Waals surface area contributed by atoms with Gasteiger partial charge in [0.2, 0.25) is 5.91 Å². The molecule has 0 N–H and O–H groups in total. The number of hydrogen-bond acceptors (Lipinski definition) is 3. The summed E-state index contributed by atoms with van der Waals surface area (Å²) in [6.07, 6.45) is -2.43. The molecule has 0 saturated carbocycles. The van der Waals surface area contributed by atoms with Crippen LogP contribution in [-0.4, -0.2) is 51.7 Å². The number of halogens is 4. The minimum Gasteiger partial charge on any atom is -0.340 e. The quantitative estimate of drug-likeness (QED) is 0.750. The van der Waals surface area contributed by atoms with E-state index in [-0.39, 0.29) is 5.91 Å². The lowest BCUT2D eigenvalue weighted by atomic mass is 10.1. The van der Waals surface area contributed by atoms with E-state index in [1.165, 1.54) is 12.1 Å². The number of carbonyl (C=O) groups is 1. The Bertz CT molecular complexity index is 829. The summed E-state index contributed by atoms with van der Waals surface area (Å²) in [6, 6.07) is 5.40. The van der Waals surface area contributed by atoms with Gasteiger partial charge in [-0.25, -0.2) is 0 Å². The zero-order valence-corrected chi connectivity index (χ0v) is 16.3. The summed E-state index contributed by atoms with van der Waals surface area (Å²) in [5.41, 5.74) is 0.828. The van der Waals surface area contributed by atoms with E-state index in [0.29, 0.717) is 56.3 Å². The maximum Gasteiger partial charge on any atom is 0.416 e. The highest BCUT2D eigenvalue weighted by atomic mass is 35.5. The third-order valence-corrected chi connectivity index (χ3v) is 5.34. The summed E-state index contributed by atoms with van der Waals surface area (Å²) in [4.78, 5) is 16.3. The molecule has 1 aromatic carbocycles. The summed E-state index contributed by atoms with van der Waals surface area (Å²) in [5.74, 6) is 0.0461. The highest BCUT2D eigenvalue weighted by Crippen LogP contribution is 2.29. The van der Waals surface area contributed by atoms with Crippen molar-refractivity contribution in [2.75, 3.05) is 26.2 Å². The first-order chi connectivity index (χ1) is 13.2. The predicted molar refractivity (Wildman–Crippen MR) is 99.9 cm³/mol. The Labute approximate surface area is 166 Å². The molecular formula is C19H22ClF3N4O. The van der Waals surface area contributed by atoms with E-state index in [9.17, 15) is 18.0 Å². The predicted octanol–water partition coefficient (Wildman–Crippen LogP) is 3.60. The fraction of sp³-hybridized carbons (Fsp3) is 0.474. The molecule has 2 aromatic rings. The SMILES string of the molecule is Cc1c(Cl)cnn1CCC(=O)N1CCN(Cc2cccc(C(F)(F)F)c2)CC1. The third-order valence-electron chi connectivity index (χ3n) is 4.97. The zero-order valence-electron chi connectivity index (χ0n) is 15.5. The van der Waals surface area contributed by atoms with E-state index in [0.717, 1.165) is 11.8 Å². The van der Waals surface area contributed by atoms with Crippen LogP contribution in [0.3, 0.4) is 0 Å². The van der Waals surface area contributed by atoms with Gasteiger partial charge in [0.05, 0.1) is 29.0 Å². The van der Waals surface area contributed by atoms with Gasteiger partial charge in [0, 0.05) is 39.1 Å². The van der Waals surface area contributed by atoms with Crippen LogP contribution in [0.1, 0.15) is 23.2 Å². The number of benzene rings is 1. The largest absolute Gasteiger partial charge is 0.416 e. The average Bonchev–Trinajstić information content (AvgIpc) is 2.98. The van der Waals surface area contributed by atoms with Crippen molar-refractivity contribution in [1.82, 2.24) is 19.6 Å². The van der Waals surface area contributed by atoms with Crippen LogP contribution in [0.2, 0.25) is 5.02 Å². The van der Waals surface area contributed by atoms with E-state index in [1.807, 2.05) is 6.92 Å². The van der Waals surface area contributed by atoms with E-state index in [2.05, 4.69) is 10.00 Å². The molecule has 1 aliphatic heterocycles. The summed E-state index contributed by atoms with van der Waals surface area (Å²) in [7, 11) is 0. The lowest BCUT2D eigenvalue weighted by Gasteiger charge is -2.35. The minimum absolute atomic E-state index is 0.0461. The summed E-state index contributed by atoms with van der Waals surface area (Å²) >= 11 is 5.96. The van der Waals surface area contributed by atoms with Crippen LogP contribution < -0.4 is 0 Å². The zero-order chi connectivity index (χ0) is 20.3. The van der Waals surface area contributed by atoms with Crippen molar-refractivity contribution in [1.29, 1.82) is 0 Å². The number of nitrogens with zero attached hydrogens (tertiary/aromatic N) is 4. The molecule has 1 aromatic heterocycles. The maximum absolute atomic E-state index is 12.8. The van der Waals surface area contributed by atoms with Gasteiger partial charge in [0.1, 0.15) is 0 Å². The molecule has 2 heterocycles. The van der Waals surface area contributed by atoms with Gasteiger partial charge < -0.3 is 4.90 Å². The molecule has 1 fully saturated rings. The Hall–Kier alpha value is -2.06. The van der Waals surface area contributed by atoms with Crippen LogP contribution in [0.15, 0.2) is 30.5 Å². The lowest BCUT2D eigenvalue weighted by molar-refractivity contribution is -0.137. The molecule has 0 radical (unpaired) electrons. The van der Waals surface area contributed by atoms with Gasteiger partial charge in [-0.2, -0.15) is 18.3 Å². The number of aryl methyl sites for hydroxylation is 1. The van der Waals surface area contributed by atoms with Crippen molar-refractivity contribution >= 4 is 17.5 Å². The number of rotatable bonds is 5. The number of hydrogen-bond donors (Lipinski definition) is 0. The van der Waals surface area contributed by atoms with Crippen LogP contribution in [0.5, 0.6) is 0 Å². The fourth-order valence-electron chi connectivity index (χ4n) is 3.27. The normalized spacial score (nSPS) is 15.8. The number of piperazine rings is 1. The molecule has 1 amide bonds. The highest BCUT2D eigenvalue weighted by Gasteiger charge is 2.30. The van der Waals surface area contributed by atoms with Crippen LogP contribution in [0, 0.1) is 6.92 Å². The molecule has 152 valence electrons. The van der Waals surface area contributed by atoms with Crippen LogP contribution >= 0.6 is 11.6 Å². The number of amides is 1. The Morgan fingerprint density at radius 1 is 1.21 bits per heavy atom. The first-order valence-electron chi connectivity index (χ1n) is 9.08. The van der Waals surface area contributed by atoms with Crippen molar-refractivity contribution in [2.24, 2.45) is 0 Å². The van der Waals surface area contributed by atoms with E-state index >= 15 is 0 Å². The minimum atomic E-state index is -4.34. The Balaban J connectivity index is 1.48. The van der Waals surface area contributed by atoms with Gasteiger partial charge in [-0.1, -0.05) is 29.8 Å². The number of aromatic nitrogens is 2. The molecule has 0 aliphatic carbocycles. The van der Waals surface area contributed by atoms with Gasteiger partial charge in [0.15, 0.2) is 0 Å². The van der Waals surface area contributed by atoms with Crippen LogP contribution in [0.25, 0.3) is 0 Å². The van der Waals surface area contributed by atoms with Crippen LogP contribution in [-0.2, 0) is 24.1 Å². The lowest BCUT2D eigenvalue weighted by Crippen LogP contribution is -2.48. The molecular weight excluding hydrogens is 393 g/mol. The molecule has 1 saturated heterocycles. The molecule has 9 heteroatoms. The number of alkyl halides is 3. The van der Waals surface area contributed by atoms with Crippen molar-refractivity contribution in [3.8, 4) is 0 Å². The van der Waals surface area contributed by atoms with Crippen molar-refractivity contribution in [3.63, 3.8) is 0 Å². The Morgan fingerprint density at radius 2 is 1.93 bits per heavy atom. The summed E-state index contributed by atoms with van der Waals surface area (Å²) in [6.45, 7) is 5.17. The molecule has 5 nitrogen and oxygen atoms in total. The van der Waals surface area contributed by atoms with Crippen molar-refractivity contribution in [2.45, 2.75) is 32.6 Å². The van der Waals surface area contributed by atoms with E-state index in [1.54, 1.807) is 21.8 Å². The molecule has 1 aliphatic rings. The van der Waals surface area contributed by atoms with Gasteiger partial charge in [-0.15, -0.1) is 0 Å². The molecule has 0 unspecified atom stereocenters. The summed E-state index contributed by atoms with van der Waals surface area (Å²) in [5, 5.41) is 4.72. The fourth-order valence-corrected chi connectivity index (χ4v) is 3.41. The second kappa shape index (κ2) is 8.53. The maximum atomic E-state index is 12.8. The van der Waals surface area contributed by atoms with Gasteiger partial charge in [-0.3, -0.25) is 14.4 Å². The summed E-state index contributed by atoms with van der Waals surface area (Å²) < 4.78 is 40.2.